The average molecular weight is 233 g/mol. The first kappa shape index (κ1) is 11.2. The highest BCUT2D eigenvalue weighted by Crippen LogP contribution is 2.09. The molecule has 1 atom stereocenters. The Morgan fingerprint density at radius 2 is 2.18 bits per heavy atom. The third kappa shape index (κ3) is 2.64. The van der Waals surface area contributed by atoms with Crippen molar-refractivity contribution in [2.24, 2.45) is 5.73 Å². The second-order valence-corrected chi connectivity index (χ2v) is 3.39. The number of primary amides is 1. The minimum Gasteiger partial charge on any atom is -0.381 e. The van der Waals surface area contributed by atoms with Gasteiger partial charge >= 0.3 is 0 Å². The quantitative estimate of drug-likeness (QED) is 0.642. The first-order chi connectivity index (χ1) is 8.16. The Balaban J connectivity index is 2.12. The summed E-state index contributed by atoms with van der Waals surface area (Å²) in [6, 6.07) is 3.43. The highest BCUT2D eigenvalue weighted by molar-refractivity contribution is 5.79. The molecule has 0 aromatic carbocycles. The topological polar surface area (TPSA) is 114 Å². The predicted molar refractivity (Wildman–Crippen MR) is 61.0 cm³/mol. The van der Waals surface area contributed by atoms with E-state index in [4.69, 9.17) is 5.73 Å². The van der Waals surface area contributed by atoms with Crippen LogP contribution < -0.4 is 11.1 Å². The number of fused-ring (bicyclic) bond motifs is 1. The number of pyridine rings is 1. The second kappa shape index (κ2) is 4.71. The number of aliphatic hydroxyl groups excluding tert-OH is 1. The van der Waals surface area contributed by atoms with Crippen molar-refractivity contribution in [1.29, 1.82) is 0 Å². The number of aliphatic hydroxyl groups is 1. The Hall–Kier alpha value is -2.28. The average Bonchev–Trinajstić information content (AvgIpc) is 2.35. The van der Waals surface area contributed by atoms with Crippen LogP contribution in [0.5, 0.6) is 0 Å². The van der Waals surface area contributed by atoms with Crippen molar-refractivity contribution in [1.82, 2.24) is 15.0 Å². The van der Waals surface area contributed by atoms with E-state index in [-0.39, 0.29) is 6.54 Å². The number of rotatable bonds is 4. The maximum absolute atomic E-state index is 10.6. The minimum absolute atomic E-state index is 0.00804. The van der Waals surface area contributed by atoms with E-state index in [1.165, 1.54) is 6.20 Å². The number of hydrogen-bond acceptors (Lipinski definition) is 6. The van der Waals surface area contributed by atoms with Crippen LogP contribution in [0.2, 0.25) is 0 Å². The Morgan fingerprint density at radius 1 is 1.41 bits per heavy atom. The number of hydrogen-bond donors (Lipinski definition) is 3. The molecular weight excluding hydrogens is 222 g/mol. The van der Waals surface area contributed by atoms with E-state index in [1.54, 1.807) is 18.3 Å². The third-order valence-corrected chi connectivity index (χ3v) is 2.14. The predicted octanol–water partition coefficient (Wildman–Crippen LogP) is -0.717. The molecule has 2 aromatic heterocycles. The molecule has 0 fully saturated rings. The molecule has 2 rings (SSSR count). The lowest BCUT2D eigenvalue weighted by atomic mass is 10.3. The molecule has 4 N–H and O–H groups in total. The number of aromatic nitrogens is 3. The van der Waals surface area contributed by atoms with Crippen molar-refractivity contribution in [3.63, 3.8) is 0 Å². The molecule has 1 unspecified atom stereocenters. The van der Waals surface area contributed by atoms with Gasteiger partial charge in [-0.1, -0.05) is 0 Å². The largest absolute Gasteiger partial charge is 0.381 e. The van der Waals surface area contributed by atoms with Crippen LogP contribution in [0.3, 0.4) is 0 Å². The van der Waals surface area contributed by atoms with Crippen molar-refractivity contribution in [3.8, 4) is 0 Å². The summed E-state index contributed by atoms with van der Waals surface area (Å²) < 4.78 is 0. The molecule has 0 aliphatic rings. The van der Waals surface area contributed by atoms with Crippen molar-refractivity contribution in [3.05, 3.63) is 24.5 Å². The Bertz CT molecular complexity index is 545. The lowest BCUT2D eigenvalue weighted by Gasteiger charge is -2.08. The maximum atomic E-state index is 10.6. The van der Waals surface area contributed by atoms with Gasteiger partial charge in [-0.3, -0.25) is 9.78 Å². The normalized spacial score (nSPS) is 12.3. The monoisotopic (exact) mass is 233 g/mol. The molecule has 1 amide bonds. The Morgan fingerprint density at radius 3 is 2.94 bits per heavy atom. The number of carbonyl (C=O) groups excluding carboxylic acids is 1. The summed E-state index contributed by atoms with van der Waals surface area (Å²) in [6.07, 6.45) is 1.88. The molecule has 2 heterocycles. The zero-order valence-corrected chi connectivity index (χ0v) is 8.87. The summed E-state index contributed by atoms with van der Waals surface area (Å²) in [7, 11) is 0. The lowest BCUT2D eigenvalue weighted by molar-refractivity contribution is -0.125. The number of nitrogens with two attached hydrogens (primary N) is 1. The summed E-state index contributed by atoms with van der Waals surface area (Å²) in [5.41, 5.74) is 6.09. The molecule has 0 saturated heterocycles. The van der Waals surface area contributed by atoms with Crippen LogP contribution in [0.15, 0.2) is 24.5 Å². The number of nitrogens with zero attached hydrogens (tertiary/aromatic N) is 3. The number of anilines is 1. The third-order valence-electron chi connectivity index (χ3n) is 2.14. The fourth-order valence-electron chi connectivity index (χ4n) is 1.25. The summed E-state index contributed by atoms with van der Waals surface area (Å²) in [4.78, 5) is 22.9. The van der Waals surface area contributed by atoms with E-state index in [1.807, 2.05) is 0 Å². The summed E-state index contributed by atoms with van der Waals surface area (Å²) in [5, 5.41) is 12.0. The van der Waals surface area contributed by atoms with E-state index in [2.05, 4.69) is 20.3 Å². The maximum Gasteiger partial charge on any atom is 0.248 e. The molecule has 0 saturated carbocycles. The van der Waals surface area contributed by atoms with Crippen LogP contribution in [-0.4, -0.2) is 38.6 Å². The summed E-state index contributed by atoms with van der Waals surface area (Å²) in [6.45, 7) is 0.00804. The first-order valence-electron chi connectivity index (χ1n) is 4.96. The van der Waals surface area contributed by atoms with E-state index in [0.717, 1.165) is 0 Å². The highest BCUT2D eigenvalue weighted by atomic mass is 16.3. The van der Waals surface area contributed by atoms with Gasteiger partial charge < -0.3 is 16.2 Å². The van der Waals surface area contributed by atoms with Crippen molar-refractivity contribution in [2.45, 2.75) is 6.10 Å². The molecule has 0 aliphatic carbocycles. The van der Waals surface area contributed by atoms with Crippen molar-refractivity contribution < 1.29 is 9.90 Å². The van der Waals surface area contributed by atoms with Gasteiger partial charge in [-0.25, -0.2) is 9.97 Å². The number of amides is 1. The number of carbonyl (C=O) groups is 1. The van der Waals surface area contributed by atoms with E-state index < -0.39 is 12.0 Å². The Labute approximate surface area is 96.7 Å². The van der Waals surface area contributed by atoms with Crippen LogP contribution >= 0.6 is 0 Å². The van der Waals surface area contributed by atoms with E-state index >= 15 is 0 Å². The molecule has 0 radical (unpaired) electrons. The van der Waals surface area contributed by atoms with Gasteiger partial charge in [0.2, 0.25) is 5.91 Å². The van der Waals surface area contributed by atoms with Gasteiger partial charge in [0.05, 0.1) is 6.54 Å². The molecule has 2 aromatic rings. The first-order valence-corrected chi connectivity index (χ1v) is 4.96. The van der Waals surface area contributed by atoms with Crippen LogP contribution in [0.4, 0.5) is 5.82 Å². The molecule has 7 heteroatoms. The van der Waals surface area contributed by atoms with Crippen LogP contribution in [0, 0.1) is 0 Å². The van der Waals surface area contributed by atoms with Gasteiger partial charge in [-0.15, -0.1) is 0 Å². The SMILES string of the molecule is NC(=O)C(O)CNc1ccc2nccnc2n1. The zero-order chi connectivity index (χ0) is 12.3. The van der Waals surface area contributed by atoms with Gasteiger partial charge in [-0.2, -0.15) is 0 Å². The van der Waals surface area contributed by atoms with Crippen molar-refractivity contribution >= 4 is 22.9 Å². The molecule has 7 nitrogen and oxygen atoms in total. The highest BCUT2D eigenvalue weighted by Gasteiger charge is 2.10. The van der Waals surface area contributed by atoms with Gasteiger partial charge in [-0.05, 0) is 12.1 Å². The van der Waals surface area contributed by atoms with Crippen LogP contribution in [0.25, 0.3) is 11.2 Å². The number of nitrogens with one attached hydrogen (secondary N) is 1. The standard InChI is InChI=1S/C10H11N5O2/c11-9(17)7(16)5-14-8-2-1-6-10(15-8)13-4-3-12-6/h1-4,7,16H,5H2,(H2,11,17)(H,13,14,15). The molecule has 17 heavy (non-hydrogen) atoms. The molecule has 88 valence electrons. The molecule has 0 bridgehead atoms. The van der Waals surface area contributed by atoms with Crippen molar-refractivity contribution in [2.75, 3.05) is 11.9 Å². The van der Waals surface area contributed by atoms with Gasteiger partial charge in [0, 0.05) is 12.4 Å². The molecule has 0 spiro atoms. The van der Waals surface area contributed by atoms with E-state index in [9.17, 15) is 9.90 Å². The van der Waals surface area contributed by atoms with Gasteiger partial charge in [0.25, 0.3) is 0 Å². The molecular formula is C10H11N5O2. The second-order valence-electron chi connectivity index (χ2n) is 3.39. The minimum atomic E-state index is -1.24. The van der Waals surface area contributed by atoms with Gasteiger partial charge in [0.15, 0.2) is 5.65 Å². The molecule has 0 aliphatic heterocycles. The lowest BCUT2D eigenvalue weighted by Crippen LogP contribution is -2.34. The van der Waals surface area contributed by atoms with Gasteiger partial charge in [0.1, 0.15) is 17.4 Å². The fraction of sp³-hybridized carbons (Fsp3) is 0.200. The summed E-state index contributed by atoms with van der Waals surface area (Å²) in [5.74, 6) is -0.281. The summed E-state index contributed by atoms with van der Waals surface area (Å²) >= 11 is 0. The smallest absolute Gasteiger partial charge is 0.248 e. The Kier molecular flexibility index (Phi) is 3.10. The van der Waals surface area contributed by atoms with Crippen LogP contribution in [-0.2, 0) is 4.79 Å². The zero-order valence-electron chi connectivity index (χ0n) is 8.87. The van der Waals surface area contributed by atoms with Crippen LogP contribution in [0.1, 0.15) is 0 Å². The fourth-order valence-corrected chi connectivity index (χ4v) is 1.25. The van der Waals surface area contributed by atoms with E-state index in [0.29, 0.717) is 17.0 Å².